The van der Waals surface area contributed by atoms with Crippen LogP contribution in [0.25, 0.3) is 0 Å². The van der Waals surface area contributed by atoms with E-state index in [0.29, 0.717) is 17.1 Å². The summed E-state index contributed by atoms with van der Waals surface area (Å²) in [4.78, 5) is 14.6. The molecule has 0 unspecified atom stereocenters. The van der Waals surface area contributed by atoms with Gasteiger partial charge in [0.05, 0.1) is 14.2 Å². The van der Waals surface area contributed by atoms with E-state index in [-0.39, 0.29) is 5.78 Å². The maximum absolute atomic E-state index is 12.5. The van der Waals surface area contributed by atoms with E-state index in [1.165, 1.54) is 0 Å². The summed E-state index contributed by atoms with van der Waals surface area (Å²) in [6, 6.07) is 7.16. The first-order chi connectivity index (χ1) is 9.06. The highest BCUT2D eigenvalue weighted by Crippen LogP contribution is 2.30. The Morgan fingerprint density at radius 2 is 1.74 bits per heavy atom. The molecule has 2 rings (SSSR count). The summed E-state index contributed by atoms with van der Waals surface area (Å²) in [5.74, 6) is 1.21. The minimum atomic E-state index is 0.0165. The second-order valence-corrected chi connectivity index (χ2v) is 5.69. The number of carbonyl (C=O) groups excluding carboxylic acids is 1. The molecule has 0 bridgehead atoms. The minimum Gasteiger partial charge on any atom is -0.493 e. The number of thiophene rings is 1. The average molecular weight is 276 g/mol. The van der Waals surface area contributed by atoms with Crippen molar-refractivity contribution < 1.29 is 14.3 Å². The van der Waals surface area contributed by atoms with Gasteiger partial charge < -0.3 is 9.47 Å². The highest BCUT2D eigenvalue weighted by Gasteiger charge is 2.16. The predicted molar refractivity (Wildman–Crippen MR) is 76.8 cm³/mol. The quantitative estimate of drug-likeness (QED) is 0.800. The molecule has 0 spiro atoms. The Morgan fingerprint density at radius 3 is 2.26 bits per heavy atom. The number of methoxy groups -OCH3 is 2. The van der Waals surface area contributed by atoms with Gasteiger partial charge in [0.15, 0.2) is 17.3 Å². The molecule has 1 aromatic heterocycles. The third kappa shape index (κ3) is 2.63. The van der Waals surface area contributed by atoms with Crippen molar-refractivity contribution in [2.45, 2.75) is 13.8 Å². The number of carbonyl (C=O) groups is 1. The molecule has 100 valence electrons. The van der Waals surface area contributed by atoms with Crippen molar-refractivity contribution in [3.63, 3.8) is 0 Å². The molecular weight excluding hydrogens is 260 g/mol. The normalized spacial score (nSPS) is 10.3. The first kappa shape index (κ1) is 13.6. The highest BCUT2D eigenvalue weighted by atomic mass is 32.1. The number of hydrogen-bond donors (Lipinski definition) is 0. The second kappa shape index (κ2) is 5.45. The van der Waals surface area contributed by atoms with E-state index in [9.17, 15) is 4.79 Å². The summed E-state index contributed by atoms with van der Waals surface area (Å²) in [7, 11) is 3.14. The lowest BCUT2D eigenvalue weighted by atomic mass is 10.0. The van der Waals surface area contributed by atoms with Crippen molar-refractivity contribution >= 4 is 17.1 Å². The van der Waals surface area contributed by atoms with Crippen LogP contribution >= 0.6 is 11.3 Å². The van der Waals surface area contributed by atoms with Gasteiger partial charge in [-0.1, -0.05) is 0 Å². The number of aryl methyl sites for hydroxylation is 2. The molecule has 0 amide bonds. The van der Waals surface area contributed by atoms with Gasteiger partial charge in [0.1, 0.15) is 0 Å². The smallest absolute Gasteiger partial charge is 0.194 e. The van der Waals surface area contributed by atoms with Crippen LogP contribution in [0, 0.1) is 13.8 Å². The molecule has 2 aromatic rings. The fraction of sp³-hybridized carbons (Fsp3) is 0.267. The molecule has 0 saturated heterocycles. The predicted octanol–water partition coefficient (Wildman–Crippen LogP) is 3.61. The zero-order valence-corrected chi connectivity index (χ0v) is 12.3. The standard InChI is InChI=1S/C15H16O3S/c1-9-7-12(10(2)19-9)15(16)11-5-6-13(17-3)14(8-11)18-4/h5-8H,1-4H3. The van der Waals surface area contributed by atoms with E-state index in [4.69, 9.17) is 9.47 Å². The van der Waals surface area contributed by atoms with Crippen LogP contribution in [0.3, 0.4) is 0 Å². The Balaban J connectivity index is 2.42. The Morgan fingerprint density at radius 1 is 1.05 bits per heavy atom. The molecular formula is C15H16O3S. The van der Waals surface area contributed by atoms with E-state index in [1.807, 2.05) is 19.9 Å². The lowest BCUT2D eigenvalue weighted by Crippen LogP contribution is -2.02. The zero-order chi connectivity index (χ0) is 14.0. The van der Waals surface area contributed by atoms with Gasteiger partial charge in [-0.25, -0.2) is 0 Å². The van der Waals surface area contributed by atoms with Crippen LogP contribution in [0.4, 0.5) is 0 Å². The van der Waals surface area contributed by atoms with Gasteiger partial charge in [-0.2, -0.15) is 0 Å². The lowest BCUT2D eigenvalue weighted by molar-refractivity contribution is 0.103. The molecule has 0 saturated carbocycles. The summed E-state index contributed by atoms with van der Waals surface area (Å²) in [6.07, 6.45) is 0. The maximum atomic E-state index is 12.5. The van der Waals surface area contributed by atoms with Gasteiger partial charge >= 0.3 is 0 Å². The van der Waals surface area contributed by atoms with E-state index in [1.54, 1.807) is 43.8 Å². The fourth-order valence-electron chi connectivity index (χ4n) is 1.99. The molecule has 0 aliphatic rings. The summed E-state index contributed by atoms with van der Waals surface area (Å²) >= 11 is 1.63. The largest absolute Gasteiger partial charge is 0.493 e. The topological polar surface area (TPSA) is 35.5 Å². The van der Waals surface area contributed by atoms with Crippen LogP contribution in [-0.4, -0.2) is 20.0 Å². The van der Waals surface area contributed by atoms with Crippen molar-refractivity contribution in [1.29, 1.82) is 0 Å². The summed E-state index contributed by atoms with van der Waals surface area (Å²) < 4.78 is 10.4. The molecule has 19 heavy (non-hydrogen) atoms. The Bertz CT molecular complexity index is 614. The van der Waals surface area contributed by atoms with Gasteiger partial charge in [-0.05, 0) is 38.1 Å². The first-order valence-electron chi connectivity index (χ1n) is 5.90. The van der Waals surface area contributed by atoms with Crippen molar-refractivity contribution in [3.8, 4) is 11.5 Å². The van der Waals surface area contributed by atoms with Crippen LogP contribution < -0.4 is 9.47 Å². The summed E-state index contributed by atoms with van der Waals surface area (Å²) in [6.45, 7) is 3.97. The minimum absolute atomic E-state index is 0.0165. The van der Waals surface area contributed by atoms with Gasteiger partial charge in [-0.3, -0.25) is 4.79 Å². The lowest BCUT2D eigenvalue weighted by Gasteiger charge is -2.09. The highest BCUT2D eigenvalue weighted by molar-refractivity contribution is 7.12. The SMILES string of the molecule is COc1ccc(C(=O)c2cc(C)sc2C)cc1OC. The van der Waals surface area contributed by atoms with Gasteiger partial charge in [0.2, 0.25) is 0 Å². The molecule has 0 fully saturated rings. The Hall–Kier alpha value is -1.81. The zero-order valence-electron chi connectivity index (χ0n) is 11.4. The number of ether oxygens (including phenoxy) is 2. The van der Waals surface area contributed by atoms with Crippen molar-refractivity contribution in [2.75, 3.05) is 14.2 Å². The number of rotatable bonds is 4. The van der Waals surface area contributed by atoms with Gasteiger partial charge in [0.25, 0.3) is 0 Å². The first-order valence-corrected chi connectivity index (χ1v) is 6.72. The van der Waals surface area contributed by atoms with Crippen LogP contribution in [0.5, 0.6) is 11.5 Å². The molecule has 0 aliphatic carbocycles. The molecule has 0 N–H and O–H groups in total. The fourth-order valence-corrected chi connectivity index (χ4v) is 2.91. The van der Waals surface area contributed by atoms with Crippen LogP contribution in [-0.2, 0) is 0 Å². The maximum Gasteiger partial charge on any atom is 0.194 e. The molecule has 1 aromatic carbocycles. The summed E-state index contributed by atoms with van der Waals surface area (Å²) in [5.41, 5.74) is 1.37. The van der Waals surface area contributed by atoms with E-state index < -0.39 is 0 Å². The van der Waals surface area contributed by atoms with E-state index in [0.717, 1.165) is 15.3 Å². The average Bonchev–Trinajstić information content (AvgIpc) is 2.76. The molecule has 1 heterocycles. The number of benzene rings is 1. The Labute approximate surface area is 116 Å². The van der Waals surface area contributed by atoms with Crippen LogP contribution in [0.2, 0.25) is 0 Å². The van der Waals surface area contributed by atoms with Crippen LogP contribution in [0.15, 0.2) is 24.3 Å². The van der Waals surface area contributed by atoms with Gasteiger partial charge in [0, 0.05) is 20.9 Å². The number of hydrogen-bond acceptors (Lipinski definition) is 4. The molecule has 0 aliphatic heterocycles. The molecule has 0 radical (unpaired) electrons. The molecule has 4 heteroatoms. The molecule has 3 nitrogen and oxygen atoms in total. The third-order valence-corrected chi connectivity index (χ3v) is 3.90. The molecule has 0 atom stereocenters. The van der Waals surface area contributed by atoms with E-state index >= 15 is 0 Å². The van der Waals surface area contributed by atoms with Crippen LogP contribution in [0.1, 0.15) is 25.7 Å². The van der Waals surface area contributed by atoms with Crippen molar-refractivity contribution in [1.82, 2.24) is 0 Å². The number of ketones is 1. The third-order valence-electron chi connectivity index (χ3n) is 2.93. The van der Waals surface area contributed by atoms with Crippen molar-refractivity contribution in [2.24, 2.45) is 0 Å². The Kier molecular flexibility index (Phi) is 3.90. The van der Waals surface area contributed by atoms with Gasteiger partial charge in [-0.15, -0.1) is 11.3 Å². The van der Waals surface area contributed by atoms with Crippen molar-refractivity contribution in [3.05, 3.63) is 45.1 Å². The van der Waals surface area contributed by atoms with E-state index in [2.05, 4.69) is 0 Å². The monoisotopic (exact) mass is 276 g/mol. The second-order valence-electron chi connectivity index (χ2n) is 4.23. The summed E-state index contributed by atoms with van der Waals surface area (Å²) in [5, 5.41) is 0.